The molecule has 0 unspecified atom stereocenters. The van der Waals surface area contributed by atoms with Crippen molar-refractivity contribution in [2.45, 2.75) is 19.9 Å². The Morgan fingerprint density at radius 3 is 2.55 bits per heavy atom. The summed E-state index contributed by atoms with van der Waals surface area (Å²) >= 11 is 0. The summed E-state index contributed by atoms with van der Waals surface area (Å²) in [5, 5.41) is 10.7. The molecular weight excluding hydrogens is 398 g/mol. The summed E-state index contributed by atoms with van der Waals surface area (Å²) in [6, 6.07) is 10.1. The van der Waals surface area contributed by atoms with Gasteiger partial charge in [0.05, 0.1) is 11.9 Å². The lowest BCUT2D eigenvalue weighted by Crippen LogP contribution is -2.18. The van der Waals surface area contributed by atoms with Gasteiger partial charge >= 0.3 is 0 Å². The first-order chi connectivity index (χ1) is 15.0. The topological polar surface area (TPSA) is 142 Å². The van der Waals surface area contributed by atoms with Gasteiger partial charge in [-0.15, -0.1) is 10.2 Å². The number of carbonyl (C=O) groups is 2. The fourth-order valence-corrected chi connectivity index (χ4v) is 3.18. The molecule has 4 rings (SSSR count). The number of primary amides is 1. The molecule has 0 atom stereocenters. The van der Waals surface area contributed by atoms with Crippen molar-refractivity contribution in [3.8, 4) is 22.8 Å². The molecule has 0 fully saturated rings. The smallest absolute Gasteiger partial charge is 0.258 e. The van der Waals surface area contributed by atoms with E-state index in [0.717, 1.165) is 0 Å². The molecule has 1 aromatic carbocycles. The van der Waals surface area contributed by atoms with E-state index < -0.39 is 11.8 Å². The summed E-state index contributed by atoms with van der Waals surface area (Å²) in [5.74, 6) is -0.428. The molecule has 0 spiro atoms. The van der Waals surface area contributed by atoms with Crippen molar-refractivity contribution >= 4 is 17.7 Å². The van der Waals surface area contributed by atoms with Crippen molar-refractivity contribution < 1.29 is 14.0 Å². The molecule has 0 aliphatic rings. The van der Waals surface area contributed by atoms with Crippen molar-refractivity contribution in [3.63, 3.8) is 0 Å². The number of nitrogens with zero attached hydrogens (tertiary/aromatic N) is 5. The Hall–Kier alpha value is -4.34. The predicted octanol–water partition coefficient (Wildman–Crippen LogP) is 2.93. The molecular formula is C21H19N7O3. The van der Waals surface area contributed by atoms with Crippen LogP contribution in [0.15, 0.2) is 59.7 Å². The van der Waals surface area contributed by atoms with Gasteiger partial charge in [-0.25, -0.2) is 9.97 Å². The van der Waals surface area contributed by atoms with Crippen LogP contribution in [-0.4, -0.2) is 36.5 Å². The minimum atomic E-state index is -0.679. The number of amides is 2. The summed E-state index contributed by atoms with van der Waals surface area (Å²) in [7, 11) is 0. The maximum atomic E-state index is 12.9. The fraction of sp³-hybridized carbons (Fsp3) is 0.143. The van der Waals surface area contributed by atoms with E-state index in [2.05, 4.69) is 25.5 Å². The van der Waals surface area contributed by atoms with E-state index in [1.165, 1.54) is 12.6 Å². The van der Waals surface area contributed by atoms with Crippen LogP contribution in [0.1, 0.15) is 40.6 Å². The number of pyridine rings is 1. The summed E-state index contributed by atoms with van der Waals surface area (Å²) in [6.45, 7) is 4.01. The van der Waals surface area contributed by atoms with E-state index >= 15 is 0 Å². The number of rotatable bonds is 6. The Morgan fingerprint density at radius 2 is 1.84 bits per heavy atom. The quantitative estimate of drug-likeness (QED) is 0.491. The molecule has 0 aliphatic carbocycles. The second-order valence-corrected chi connectivity index (χ2v) is 6.98. The third-order valence-corrected chi connectivity index (χ3v) is 4.61. The van der Waals surface area contributed by atoms with Crippen LogP contribution in [0, 0.1) is 0 Å². The Bertz CT molecular complexity index is 1250. The van der Waals surface area contributed by atoms with Crippen LogP contribution >= 0.6 is 0 Å². The molecule has 0 radical (unpaired) electrons. The molecule has 0 saturated carbocycles. The van der Waals surface area contributed by atoms with Gasteiger partial charge in [0.15, 0.2) is 12.2 Å². The highest BCUT2D eigenvalue weighted by Crippen LogP contribution is 2.29. The van der Waals surface area contributed by atoms with Gasteiger partial charge in [0.25, 0.3) is 5.91 Å². The number of hydrogen-bond donors (Lipinski definition) is 2. The van der Waals surface area contributed by atoms with E-state index in [4.69, 9.17) is 10.2 Å². The second-order valence-electron chi connectivity index (χ2n) is 6.98. The summed E-state index contributed by atoms with van der Waals surface area (Å²) in [5.41, 5.74) is 7.23. The number of benzene rings is 1. The number of hydrogen-bond acceptors (Lipinski definition) is 7. The maximum Gasteiger partial charge on any atom is 0.258 e. The molecule has 0 bridgehead atoms. The average molecular weight is 417 g/mol. The molecule has 0 saturated heterocycles. The maximum absolute atomic E-state index is 12.9. The van der Waals surface area contributed by atoms with Gasteiger partial charge in [-0.2, -0.15) is 0 Å². The third kappa shape index (κ3) is 3.90. The van der Waals surface area contributed by atoms with Crippen LogP contribution in [-0.2, 0) is 0 Å². The van der Waals surface area contributed by atoms with Crippen LogP contribution in [0.25, 0.3) is 22.8 Å². The Morgan fingerprint density at radius 1 is 1.10 bits per heavy atom. The molecule has 3 N–H and O–H groups in total. The Labute approximate surface area is 177 Å². The zero-order valence-corrected chi connectivity index (χ0v) is 16.8. The first-order valence-electron chi connectivity index (χ1n) is 9.45. The zero-order chi connectivity index (χ0) is 22.0. The molecule has 4 aromatic rings. The van der Waals surface area contributed by atoms with E-state index in [1.807, 2.05) is 18.4 Å². The Balaban J connectivity index is 1.84. The lowest BCUT2D eigenvalue weighted by atomic mass is 9.96. The molecule has 10 heteroatoms. The number of nitrogens with one attached hydrogen (secondary N) is 1. The van der Waals surface area contributed by atoms with Gasteiger partial charge in [0, 0.05) is 22.7 Å². The van der Waals surface area contributed by atoms with E-state index in [0.29, 0.717) is 22.8 Å². The first kappa shape index (κ1) is 20.0. The highest BCUT2D eigenvalue weighted by Gasteiger charge is 2.22. The normalized spacial score (nSPS) is 10.9. The van der Waals surface area contributed by atoms with Crippen molar-refractivity contribution in [2.24, 2.45) is 5.73 Å². The third-order valence-electron chi connectivity index (χ3n) is 4.61. The fourth-order valence-electron chi connectivity index (χ4n) is 3.18. The molecule has 10 nitrogen and oxygen atoms in total. The van der Waals surface area contributed by atoms with Crippen molar-refractivity contribution in [3.05, 3.63) is 66.4 Å². The molecule has 31 heavy (non-hydrogen) atoms. The van der Waals surface area contributed by atoms with Crippen molar-refractivity contribution in [1.29, 1.82) is 0 Å². The van der Waals surface area contributed by atoms with Crippen LogP contribution in [0.5, 0.6) is 0 Å². The van der Waals surface area contributed by atoms with Gasteiger partial charge in [-0.1, -0.05) is 12.1 Å². The number of anilines is 1. The number of carbonyl (C=O) groups excluding carboxylic acids is 2. The summed E-state index contributed by atoms with van der Waals surface area (Å²) < 4.78 is 6.96. The van der Waals surface area contributed by atoms with Crippen molar-refractivity contribution in [2.75, 3.05) is 5.32 Å². The number of nitrogens with two attached hydrogens (primary N) is 1. The van der Waals surface area contributed by atoms with Gasteiger partial charge < -0.3 is 14.7 Å². The first-order valence-corrected chi connectivity index (χ1v) is 9.45. The SMILES string of the molecule is CC(C)n1cnnc1-c1cccc(-c2c(C(N)=O)cccc2C(=O)Nc2cnco2)n1. The second kappa shape index (κ2) is 8.19. The van der Waals surface area contributed by atoms with Crippen molar-refractivity contribution in [1.82, 2.24) is 24.7 Å². The van der Waals surface area contributed by atoms with E-state index in [1.54, 1.807) is 42.7 Å². The summed E-state index contributed by atoms with van der Waals surface area (Å²) in [6.07, 6.45) is 4.20. The monoisotopic (exact) mass is 417 g/mol. The zero-order valence-electron chi connectivity index (χ0n) is 16.8. The number of oxazole rings is 1. The van der Waals surface area contributed by atoms with E-state index in [9.17, 15) is 9.59 Å². The van der Waals surface area contributed by atoms with Crippen LogP contribution in [0.2, 0.25) is 0 Å². The summed E-state index contributed by atoms with van der Waals surface area (Å²) in [4.78, 5) is 33.5. The largest absolute Gasteiger partial charge is 0.428 e. The van der Waals surface area contributed by atoms with Gasteiger partial charge in [0.1, 0.15) is 12.0 Å². The lowest BCUT2D eigenvalue weighted by Gasteiger charge is -2.14. The minimum absolute atomic E-state index is 0.122. The van der Waals surface area contributed by atoms with Crippen LogP contribution in [0.4, 0.5) is 5.88 Å². The molecule has 3 heterocycles. The minimum Gasteiger partial charge on any atom is -0.428 e. The highest BCUT2D eigenvalue weighted by molar-refractivity contribution is 6.12. The molecule has 0 aliphatic heterocycles. The van der Waals surface area contributed by atoms with Gasteiger partial charge in [-0.05, 0) is 38.1 Å². The lowest BCUT2D eigenvalue weighted by molar-refractivity contribution is 0.100. The van der Waals surface area contributed by atoms with Crippen LogP contribution in [0.3, 0.4) is 0 Å². The molecule has 2 amide bonds. The standard InChI is InChI=1S/C21H19N7O3/c1-12(2)28-10-24-27-20(28)16-8-4-7-15(25-16)18-13(19(22)29)5-3-6-14(18)21(30)26-17-9-23-11-31-17/h3-12H,1-2H3,(H2,22,29)(H,26,30). The number of aromatic nitrogens is 5. The van der Waals surface area contributed by atoms with Gasteiger partial charge in [-0.3, -0.25) is 14.9 Å². The molecule has 156 valence electrons. The highest BCUT2D eigenvalue weighted by atomic mass is 16.4. The van der Waals surface area contributed by atoms with Crippen LogP contribution < -0.4 is 11.1 Å². The Kier molecular flexibility index (Phi) is 5.27. The molecule has 3 aromatic heterocycles. The van der Waals surface area contributed by atoms with E-state index in [-0.39, 0.29) is 23.1 Å². The average Bonchev–Trinajstić information content (AvgIpc) is 3.45. The predicted molar refractivity (Wildman–Crippen MR) is 112 cm³/mol. The van der Waals surface area contributed by atoms with Gasteiger partial charge in [0.2, 0.25) is 11.8 Å².